The second kappa shape index (κ2) is 7.21. The van der Waals surface area contributed by atoms with Crippen LogP contribution in [0, 0.1) is 5.92 Å². The monoisotopic (exact) mass is 329 g/mol. The molecule has 0 aromatic carbocycles. The predicted molar refractivity (Wildman–Crippen MR) is 93.7 cm³/mol. The Kier molecular flexibility index (Phi) is 5.04. The van der Waals surface area contributed by atoms with E-state index in [1.807, 2.05) is 24.5 Å². The van der Waals surface area contributed by atoms with Gasteiger partial charge >= 0.3 is 0 Å². The topological polar surface area (TPSA) is 57.2 Å². The molecular formula is C18H27N5O. The molecule has 0 radical (unpaired) electrons. The number of amides is 1. The molecule has 6 nitrogen and oxygen atoms in total. The summed E-state index contributed by atoms with van der Waals surface area (Å²) < 4.78 is 2.11. The van der Waals surface area contributed by atoms with Crippen LogP contribution >= 0.6 is 0 Å². The fourth-order valence-electron chi connectivity index (χ4n) is 3.45. The number of rotatable bonds is 5. The van der Waals surface area contributed by atoms with E-state index in [1.54, 1.807) is 19.0 Å². The number of carbonyl (C=O) groups is 1. The number of imidazole rings is 1. The zero-order valence-electron chi connectivity index (χ0n) is 14.8. The van der Waals surface area contributed by atoms with Crippen LogP contribution in [0.3, 0.4) is 0 Å². The lowest BCUT2D eigenvalue weighted by molar-refractivity contribution is 0.0822. The van der Waals surface area contributed by atoms with Crippen LogP contribution in [0.1, 0.15) is 34.8 Å². The highest BCUT2D eigenvalue weighted by Crippen LogP contribution is 2.21. The number of likely N-dealkylation sites (tertiary alicyclic amines) is 1. The summed E-state index contributed by atoms with van der Waals surface area (Å²) in [5.41, 5.74) is 1.77. The number of aromatic nitrogens is 3. The molecule has 1 N–H and O–H groups in total. The molecule has 2 aromatic heterocycles. The SMILES string of the molecule is CN(C)C(=O)c1ccc(CN2CCC[C@H](Cc3nccn3C)C2)[nH]1. The van der Waals surface area contributed by atoms with Gasteiger partial charge in [-0.1, -0.05) is 0 Å². The van der Waals surface area contributed by atoms with Gasteiger partial charge in [0.25, 0.3) is 5.91 Å². The van der Waals surface area contributed by atoms with Crippen molar-refractivity contribution in [3.8, 4) is 0 Å². The first-order chi connectivity index (χ1) is 11.5. The zero-order valence-corrected chi connectivity index (χ0v) is 14.8. The van der Waals surface area contributed by atoms with Crippen molar-refractivity contribution < 1.29 is 4.79 Å². The van der Waals surface area contributed by atoms with Gasteiger partial charge in [0.15, 0.2) is 0 Å². The smallest absolute Gasteiger partial charge is 0.269 e. The van der Waals surface area contributed by atoms with Gasteiger partial charge in [-0.15, -0.1) is 0 Å². The van der Waals surface area contributed by atoms with Crippen LogP contribution in [0.2, 0.25) is 0 Å². The molecule has 130 valence electrons. The normalized spacial score (nSPS) is 18.7. The molecule has 6 heteroatoms. The van der Waals surface area contributed by atoms with Gasteiger partial charge in [0, 0.05) is 58.7 Å². The number of hydrogen-bond donors (Lipinski definition) is 1. The molecule has 0 saturated carbocycles. The second-order valence-corrected chi connectivity index (χ2v) is 7.00. The summed E-state index contributed by atoms with van der Waals surface area (Å²) >= 11 is 0. The molecule has 3 rings (SSSR count). The summed E-state index contributed by atoms with van der Waals surface area (Å²) in [5, 5.41) is 0. The number of hydrogen-bond acceptors (Lipinski definition) is 3. The largest absolute Gasteiger partial charge is 0.353 e. The van der Waals surface area contributed by atoms with E-state index in [-0.39, 0.29) is 5.91 Å². The number of aromatic amines is 1. The molecule has 0 unspecified atom stereocenters. The Morgan fingerprint density at radius 1 is 1.42 bits per heavy atom. The Hall–Kier alpha value is -2.08. The van der Waals surface area contributed by atoms with Crippen molar-refractivity contribution in [3.05, 3.63) is 41.7 Å². The maximum Gasteiger partial charge on any atom is 0.269 e. The molecular weight excluding hydrogens is 302 g/mol. The first-order valence-corrected chi connectivity index (χ1v) is 8.61. The zero-order chi connectivity index (χ0) is 17.1. The average Bonchev–Trinajstić information content (AvgIpc) is 3.17. The van der Waals surface area contributed by atoms with E-state index < -0.39 is 0 Å². The van der Waals surface area contributed by atoms with E-state index >= 15 is 0 Å². The number of H-pyrrole nitrogens is 1. The van der Waals surface area contributed by atoms with E-state index in [1.165, 1.54) is 18.7 Å². The van der Waals surface area contributed by atoms with Crippen molar-refractivity contribution in [2.24, 2.45) is 13.0 Å². The third kappa shape index (κ3) is 3.87. The molecule has 0 aliphatic carbocycles. The Bertz CT molecular complexity index is 687. The van der Waals surface area contributed by atoms with Crippen LogP contribution in [0.5, 0.6) is 0 Å². The highest BCUT2D eigenvalue weighted by molar-refractivity contribution is 5.92. The van der Waals surface area contributed by atoms with Crippen LogP contribution in [0.25, 0.3) is 0 Å². The van der Waals surface area contributed by atoms with Gasteiger partial charge in [-0.05, 0) is 37.4 Å². The van der Waals surface area contributed by atoms with Gasteiger partial charge in [-0.25, -0.2) is 4.98 Å². The number of nitrogens with zero attached hydrogens (tertiary/aromatic N) is 4. The Morgan fingerprint density at radius 3 is 2.96 bits per heavy atom. The molecule has 1 amide bonds. The third-order valence-electron chi connectivity index (χ3n) is 4.77. The minimum Gasteiger partial charge on any atom is -0.353 e. The van der Waals surface area contributed by atoms with Gasteiger partial charge in [0.05, 0.1) is 0 Å². The second-order valence-electron chi connectivity index (χ2n) is 7.00. The van der Waals surface area contributed by atoms with E-state index in [0.717, 1.165) is 31.7 Å². The van der Waals surface area contributed by atoms with E-state index in [4.69, 9.17) is 0 Å². The van der Waals surface area contributed by atoms with Crippen LogP contribution in [-0.2, 0) is 20.0 Å². The number of carbonyl (C=O) groups excluding carboxylic acids is 1. The number of nitrogens with one attached hydrogen (secondary N) is 1. The lowest BCUT2D eigenvalue weighted by Gasteiger charge is -2.32. The summed E-state index contributed by atoms with van der Waals surface area (Å²) in [6.07, 6.45) is 7.41. The Balaban J connectivity index is 1.57. The lowest BCUT2D eigenvalue weighted by atomic mass is 9.94. The van der Waals surface area contributed by atoms with Crippen molar-refractivity contribution >= 4 is 5.91 Å². The first-order valence-electron chi connectivity index (χ1n) is 8.61. The Labute approximate surface area is 143 Å². The van der Waals surface area contributed by atoms with E-state index in [0.29, 0.717) is 11.6 Å². The standard InChI is InChI=1S/C18H27N5O/c1-21(2)18(24)16-7-6-15(20-16)13-23-9-4-5-14(12-23)11-17-19-8-10-22(17)3/h6-8,10,14,20H,4-5,9,11-13H2,1-3H3/t14-/m1/s1. The fraction of sp³-hybridized carbons (Fsp3) is 0.556. The molecule has 1 aliphatic heterocycles. The lowest BCUT2D eigenvalue weighted by Crippen LogP contribution is -2.36. The number of piperidine rings is 1. The summed E-state index contributed by atoms with van der Waals surface area (Å²) in [6, 6.07) is 3.91. The maximum atomic E-state index is 12.0. The van der Waals surface area contributed by atoms with Gasteiger partial charge in [-0.2, -0.15) is 0 Å². The van der Waals surface area contributed by atoms with Crippen LogP contribution in [-0.4, -0.2) is 57.4 Å². The van der Waals surface area contributed by atoms with Crippen LogP contribution in [0.15, 0.2) is 24.5 Å². The van der Waals surface area contributed by atoms with Crippen molar-refractivity contribution in [1.82, 2.24) is 24.3 Å². The highest BCUT2D eigenvalue weighted by atomic mass is 16.2. The Morgan fingerprint density at radius 2 is 2.25 bits per heavy atom. The minimum absolute atomic E-state index is 0.0209. The van der Waals surface area contributed by atoms with Crippen LogP contribution in [0.4, 0.5) is 0 Å². The summed E-state index contributed by atoms with van der Waals surface area (Å²) in [5.74, 6) is 1.84. The summed E-state index contributed by atoms with van der Waals surface area (Å²) in [4.78, 5) is 23.8. The maximum absolute atomic E-state index is 12.0. The fourth-order valence-corrected chi connectivity index (χ4v) is 3.45. The quantitative estimate of drug-likeness (QED) is 0.911. The third-order valence-corrected chi connectivity index (χ3v) is 4.77. The molecule has 2 aromatic rings. The van der Waals surface area contributed by atoms with Gasteiger partial charge in [0.2, 0.25) is 0 Å². The number of aryl methyl sites for hydroxylation is 1. The van der Waals surface area contributed by atoms with Crippen LogP contribution < -0.4 is 0 Å². The van der Waals surface area contributed by atoms with Crippen molar-refractivity contribution in [2.75, 3.05) is 27.2 Å². The highest BCUT2D eigenvalue weighted by Gasteiger charge is 2.22. The molecule has 24 heavy (non-hydrogen) atoms. The van der Waals surface area contributed by atoms with E-state index in [2.05, 4.69) is 26.5 Å². The van der Waals surface area contributed by atoms with Crippen molar-refractivity contribution in [3.63, 3.8) is 0 Å². The van der Waals surface area contributed by atoms with Crippen molar-refractivity contribution in [1.29, 1.82) is 0 Å². The molecule has 3 heterocycles. The first kappa shape index (κ1) is 16.8. The molecule has 1 aliphatic rings. The minimum atomic E-state index is 0.0209. The van der Waals surface area contributed by atoms with Gasteiger partial charge < -0.3 is 14.5 Å². The van der Waals surface area contributed by atoms with Crippen molar-refractivity contribution in [2.45, 2.75) is 25.8 Å². The summed E-state index contributed by atoms with van der Waals surface area (Å²) in [7, 11) is 5.61. The van der Waals surface area contributed by atoms with Gasteiger partial charge in [0.1, 0.15) is 11.5 Å². The van der Waals surface area contributed by atoms with Gasteiger partial charge in [-0.3, -0.25) is 9.69 Å². The molecule has 1 saturated heterocycles. The molecule has 1 fully saturated rings. The van der Waals surface area contributed by atoms with E-state index in [9.17, 15) is 4.79 Å². The average molecular weight is 329 g/mol. The molecule has 1 atom stereocenters. The molecule has 0 spiro atoms. The summed E-state index contributed by atoms with van der Waals surface area (Å²) in [6.45, 7) is 3.08. The molecule has 0 bridgehead atoms. The predicted octanol–water partition coefficient (Wildman–Crippen LogP) is 1.90.